The molecule has 2 heteroatoms. The number of carbonyl (C=O) groups excluding carboxylic acids is 1. The van der Waals surface area contributed by atoms with Crippen LogP contribution >= 0.6 is 0 Å². The van der Waals surface area contributed by atoms with Gasteiger partial charge in [-0.3, -0.25) is 0 Å². The molecule has 15 heavy (non-hydrogen) atoms. The summed E-state index contributed by atoms with van der Waals surface area (Å²) in [5, 5.41) is 3.28. The van der Waals surface area contributed by atoms with Gasteiger partial charge < -0.3 is 10.1 Å². The van der Waals surface area contributed by atoms with E-state index in [0.29, 0.717) is 6.42 Å². The second kappa shape index (κ2) is 6.36. The van der Waals surface area contributed by atoms with Crippen molar-refractivity contribution in [1.82, 2.24) is 5.32 Å². The molecule has 0 aliphatic rings. The molecule has 0 aliphatic carbocycles. The molecule has 0 fully saturated rings. The molecule has 0 aliphatic heterocycles. The molecule has 0 radical (unpaired) electrons. The molecule has 0 bridgehead atoms. The third kappa shape index (κ3) is 4.75. The average molecular weight is 205 g/mol. The minimum absolute atomic E-state index is 0.256. The van der Waals surface area contributed by atoms with Crippen LogP contribution in [-0.2, 0) is 17.8 Å². The minimum Gasteiger partial charge on any atom is -0.313 e. The van der Waals surface area contributed by atoms with E-state index in [1.165, 1.54) is 11.1 Å². The topological polar surface area (TPSA) is 29.1 Å². The summed E-state index contributed by atoms with van der Waals surface area (Å²) in [6.45, 7) is 5.65. The average Bonchev–Trinajstić information content (AvgIpc) is 2.25. The Balaban J connectivity index is 2.45. The fourth-order valence-electron chi connectivity index (χ4n) is 1.41. The molecule has 2 nitrogen and oxygen atoms in total. The number of rotatable bonds is 6. The van der Waals surface area contributed by atoms with Crippen molar-refractivity contribution in [2.45, 2.75) is 33.2 Å². The molecule has 1 aromatic carbocycles. The van der Waals surface area contributed by atoms with Crippen LogP contribution in [0.4, 0.5) is 0 Å². The summed E-state index contributed by atoms with van der Waals surface area (Å²) in [6.07, 6.45) is 1.50. The molecule has 0 saturated heterocycles. The maximum Gasteiger partial charge on any atom is 0.130 e. The van der Waals surface area contributed by atoms with E-state index in [0.717, 1.165) is 19.5 Å². The van der Waals surface area contributed by atoms with Gasteiger partial charge in [0.1, 0.15) is 5.78 Å². The van der Waals surface area contributed by atoms with Gasteiger partial charge in [0.25, 0.3) is 0 Å². The quantitative estimate of drug-likeness (QED) is 0.772. The molecule has 82 valence electrons. The van der Waals surface area contributed by atoms with Crippen molar-refractivity contribution in [1.29, 1.82) is 0 Å². The third-order valence-corrected chi connectivity index (χ3v) is 2.37. The zero-order chi connectivity index (χ0) is 11.1. The number of carbonyl (C=O) groups is 1. The SMILES string of the molecule is CCNCc1ccc(CCC(C)=O)cc1. The Labute approximate surface area is 91.7 Å². The van der Waals surface area contributed by atoms with Crippen LogP contribution in [0.25, 0.3) is 0 Å². The van der Waals surface area contributed by atoms with Crippen LogP contribution in [-0.4, -0.2) is 12.3 Å². The van der Waals surface area contributed by atoms with Crippen molar-refractivity contribution >= 4 is 5.78 Å². The van der Waals surface area contributed by atoms with Crippen LogP contribution in [0.5, 0.6) is 0 Å². The molecule has 0 spiro atoms. The molecule has 0 amide bonds. The summed E-state index contributed by atoms with van der Waals surface area (Å²) in [4.78, 5) is 10.8. The van der Waals surface area contributed by atoms with Crippen molar-refractivity contribution in [3.8, 4) is 0 Å². The van der Waals surface area contributed by atoms with E-state index in [9.17, 15) is 4.79 Å². The van der Waals surface area contributed by atoms with Gasteiger partial charge >= 0.3 is 0 Å². The number of aryl methyl sites for hydroxylation is 1. The monoisotopic (exact) mass is 205 g/mol. The minimum atomic E-state index is 0.256. The van der Waals surface area contributed by atoms with Crippen molar-refractivity contribution in [3.63, 3.8) is 0 Å². The summed E-state index contributed by atoms with van der Waals surface area (Å²) in [6, 6.07) is 8.46. The summed E-state index contributed by atoms with van der Waals surface area (Å²) >= 11 is 0. The highest BCUT2D eigenvalue weighted by Gasteiger charge is 1.97. The maximum absolute atomic E-state index is 10.8. The van der Waals surface area contributed by atoms with Crippen molar-refractivity contribution in [2.24, 2.45) is 0 Å². The van der Waals surface area contributed by atoms with Crippen molar-refractivity contribution in [2.75, 3.05) is 6.54 Å². The fraction of sp³-hybridized carbons (Fsp3) is 0.462. The molecule has 0 unspecified atom stereocenters. The Hall–Kier alpha value is -1.15. The predicted octanol–water partition coefficient (Wildman–Crippen LogP) is 2.32. The summed E-state index contributed by atoms with van der Waals surface area (Å²) in [5.41, 5.74) is 2.54. The highest BCUT2D eigenvalue weighted by molar-refractivity contribution is 5.75. The van der Waals surface area contributed by atoms with Crippen LogP contribution in [0.2, 0.25) is 0 Å². The number of Topliss-reactive ketones (excluding diaryl/α,β-unsaturated/α-hetero) is 1. The predicted molar refractivity (Wildman–Crippen MR) is 62.8 cm³/mol. The van der Waals surface area contributed by atoms with E-state index in [1.807, 2.05) is 0 Å². The molecular weight excluding hydrogens is 186 g/mol. The number of nitrogens with one attached hydrogen (secondary N) is 1. The lowest BCUT2D eigenvalue weighted by molar-refractivity contribution is -0.116. The first-order valence-electron chi connectivity index (χ1n) is 5.50. The smallest absolute Gasteiger partial charge is 0.130 e. The molecule has 0 saturated carbocycles. The third-order valence-electron chi connectivity index (χ3n) is 2.37. The van der Waals surface area contributed by atoms with E-state index in [4.69, 9.17) is 0 Å². The summed E-state index contributed by atoms with van der Waals surface area (Å²) < 4.78 is 0. The van der Waals surface area contributed by atoms with Gasteiger partial charge in [-0.2, -0.15) is 0 Å². The van der Waals surface area contributed by atoms with E-state index in [-0.39, 0.29) is 5.78 Å². The van der Waals surface area contributed by atoms with Crippen LogP contribution in [0, 0.1) is 0 Å². The number of benzene rings is 1. The first-order valence-corrected chi connectivity index (χ1v) is 5.50. The fourth-order valence-corrected chi connectivity index (χ4v) is 1.41. The van der Waals surface area contributed by atoms with Gasteiger partial charge in [-0.15, -0.1) is 0 Å². The van der Waals surface area contributed by atoms with E-state index < -0.39 is 0 Å². The van der Waals surface area contributed by atoms with Gasteiger partial charge in [0.2, 0.25) is 0 Å². The van der Waals surface area contributed by atoms with Crippen LogP contribution in [0.3, 0.4) is 0 Å². The van der Waals surface area contributed by atoms with Gasteiger partial charge in [-0.1, -0.05) is 31.2 Å². The van der Waals surface area contributed by atoms with Gasteiger partial charge in [-0.05, 0) is 31.0 Å². The van der Waals surface area contributed by atoms with Gasteiger partial charge in [0.15, 0.2) is 0 Å². The zero-order valence-electron chi connectivity index (χ0n) is 9.55. The van der Waals surface area contributed by atoms with Gasteiger partial charge in [-0.25, -0.2) is 0 Å². The molecule has 0 heterocycles. The Morgan fingerprint density at radius 3 is 2.33 bits per heavy atom. The molecule has 1 N–H and O–H groups in total. The Morgan fingerprint density at radius 1 is 1.20 bits per heavy atom. The highest BCUT2D eigenvalue weighted by atomic mass is 16.1. The van der Waals surface area contributed by atoms with E-state index in [1.54, 1.807) is 6.92 Å². The molecule has 1 rings (SSSR count). The van der Waals surface area contributed by atoms with Gasteiger partial charge in [0, 0.05) is 13.0 Å². The molecule has 1 aromatic rings. The normalized spacial score (nSPS) is 10.3. The lowest BCUT2D eigenvalue weighted by Gasteiger charge is -2.03. The number of hydrogen-bond donors (Lipinski definition) is 1. The Bertz CT molecular complexity index is 303. The van der Waals surface area contributed by atoms with E-state index in [2.05, 4.69) is 36.5 Å². The van der Waals surface area contributed by atoms with E-state index >= 15 is 0 Å². The molecule has 0 atom stereocenters. The summed E-state index contributed by atoms with van der Waals surface area (Å²) in [7, 11) is 0. The van der Waals surface area contributed by atoms with Crippen LogP contribution in [0.15, 0.2) is 24.3 Å². The maximum atomic E-state index is 10.8. The summed E-state index contributed by atoms with van der Waals surface area (Å²) in [5.74, 6) is 0.256. The molecular formula is C13H19NO. The van der Waals surface area contributed by atoms with Crippen molar-refractivity contribution in [3.05, 3.63) is 35.4 Å². The Kier molecular flexibility index (Phi) is 5.05. The highest BCUT2D eigenvalue weighted by Crippen LogP contribution is 2.06. The van der Waals surface area contributed by atoms with Crippen LogP contribution in [0.1, 0.15) is 31.4 Å². The zero-order valence-corrected chi connectivity index (χ0v) is 9.55. The first-order chi connectivity index (χ1) is 7.22. The van der Waals surface area contributed by atoms with Crippen LogP contribution < -0.4 is 5.32 Å². The second-order valence-corrected chi connectivity index (χ2v) is 3.80. The van der Waals surface area contributed by atoms with Crippen molar-refractivity contribution < 1.29 is 4.79 Å². The largest absolute Gasteiger partial charge is 0.313 e. The number of ketones is 1. The lowest BCUT2D eigenvalue weighted by atomic mass is 10.1. The Morgan fingerprint density at radius 2 is 1.80 bits per heavy atom. The first kappa shape index (κ1) is 11.9. The molecule has 0 aromatic heterocycles. The lowest BCUT2D eigenvalue weighted by Crippen LogP contribution is -2.11. The van der Waals surface area contributed by atoms with Gasteiger partial charge in [0.05, 0.1) is 0 Å². The standard InChI is InChI=1S/C13H19NO/c1-3-14-10-13-8-6-12(7-9-13)5-4-11(2)15/h6-9,14H,3-5,10H2,1-2H3. The second-order valence-electron chi connectivity index (χ2n) is 3.80. The number of hydrogen-bond acceptors (Lipinski definition) is 2.